The van der Waals surface area contributed by atoms with Crippen LogP contribution in [0.5, 0.6) is 5.75 Å². The third-order valence-electron chi connectivity index (χ3n) is 3.30. The molecule has 3 nitrogen and oxygen atoms in total. The Hall–Kier alpha value is -1.06. The molecule has 88 valence electrons. The van der Waals surface area contributed by atoms with Crippen molar-refractivity contribution in [1.29, 1.82) is 0 Å². The number of rotatable bonds is 0. The lowest BCUT2D eigenvalue weighted by Gasteiger charge is -2.41. The number of fused-ring (bicyclic) bond motifs is 1. The predicted molar refractivity (Wildman–Crippen MR) is 63.6 cm³/mol. The summed E-state index contributed by atoms with van der Waals surface area (Å²) in [7, 11) is 0. The van der Waals surface area contributed by atoms with Gasteiger partial charge in [-0.25, -0.2) is 0 Å². The van der Waals surface area contributed by atoms with Crippen molar-refractivity contribution in [3.8, 4) is 5.75 Å². The van der Waals surface area contributed by atoms with E-state index in [9.17, 15) is 5.11 Å². The van der Waals surface area contributed by atoms with Crippen molar-refractivity contribution in [2.75, 3.05) is 0 Å². The smallest absolute Gasteiger partial charge is 0.126 e. The highest BCUT2D eigenvalue weighted by atomic mass is 16.5. The van der Waals surface area contributed by atoms with Crippen LogP contribution in [0.25, 0.3) is 0 Å². The molecule has 0 aliphatic carbocycles. The second-order valence-corrected chi connectivity index (χ2v) is 5.17. The van der Waals surface area contributed by atoms with Crippen LogP contribution in [0, 0.1) is 13.8 Å². The maximum Gasteiger partial charge on any atom is 0.126 e. The maximum atomic E-state index is 10.2. The van der Waals surface area contributed by atoms with Crippen molar-refractivity contribution >= 4 is 0 Å². The molecule has 2 atom stereocenters. The van der Waals surface area contributed by atoms with Crippen LogP contribution in [0.4, 0.5) is 0 Å². The van der Waals surface area contributed by atoms with Gasteiger partial charge >= 0.3 is 0 Å². The number of hydrogen-bond donors (Lipinski definition) is 2. The molecule has 0 spiro atoms. The second-order valence-electron chi connectivity index (χ2n) is 5.17. The quantitative estimate of drug-likeness (QED) is 0.702. The lowest BCUT2D eigenvalue weighted by atomic mass is 9.84. The molecule has 16 heavy (non-hydrogen) atoms. The van der Waals surface area contributed by atoms with E-state index in [1.165, 1.54) is 0 Å². The molecule has 0 saturated carbocycles. The van der Waals surface area contributed by atoms with Crippen molar-refractivity contribution in [3.05, 3.63) is 28.8 Å². The van der Waals surface area contributed by atoms with Gasteiger partial charge in [0, 0.05) is 5.56 Å². The number of aliphatic hydroxyl groups is 1. The first-order valence-corrected chi connectivity index (χ1v) is 5.57. The van der Waals surface area contributed by atoms with E-state index in [2.05, 4.69) is 0 Å². The third-order valence-corrected chi connectivity index (χ3v) is 3.30. The average Bonchev–Trinajstić information content (AvgIpc) is 2.12. The van der Waals surface area contributed by atoms with E-state index in [-0.39, 0.29) is 0 Å². The van der Waals surface area contributed by atoms with Gasteiger partial charge in [-0.3, -0.25) is 0 Å². The number of ether oxygens (including phenoxy) is 1. The predicted octanol–water partition coefficient (Wildman–Crippen LogP) is 1.84. The van der Waals surface area contributed by atoms with Gasteiger partial charge in [-0.15, -0.1) is 0 Å². The van der Waals surface area contributed by atoms with Gasteiger partial charge in [-0.2, -0.15) is 0 Å². The molecule has 1 aromatic carbocycles. The van der Waals surface area contributed by atoms with Crippen LogP contribution in [0.1, 0.15) is 36.6 Å². The van der Waals surface area contributed by atoms with Gasteiger partial charge in [0.2, 0.25) is 0 Å². The summed E-state index contributed by atoms with van der Waals surface area (Å²) in [6.07, 6.45) is -0.653. The molecule has 0 amide bonds. The monoisotopic (exact) mass is 221 g/mol. The standard InChI is InChI=1S/C13H19NO2/c1-7-5-8(2)10-9(6-7)16-13(3,4)12(14)11(10)15/h5-6,11-12,15H,14H2,1-4H3. The number of nitrogens with two attached hydrogens (primary N) is 1. The van der Waals surface area contributed by atoms with Gasteiger partial charge in [-0.05, 0) is 44.9 Å². The van der Waals surface area contributed by atoms with E-state index in [0.717, 1.165) is 22.4 Å². The van der Waals surface area contributed by atoms with Gasteiger partial charge < -0.3 is 15.6 Å². The molecule has 1 heterocycles. The fraction of sp³-hybridized carbons (Fsp3) is 0.538. The van der Waals surface area contributed by atoms with Crippen molar-refractivity contribution in [2.45, 2.75) is 45.4 Å². The molecule has 2 unspecified atom stereocenters. The van der Waals surface area contributed by atoms with E-state index in [1.807, 2.05) is 39.8 Å². The number of hydrogen-bond acceptors (Lipinski definition) is 3. The molecular weight excluding hydrogens is 202 g/mol. The van der Waals surface area contributed by atoms with Crippen LogP contribution in [0.3, 0.4) is 0 Å². The molecule has 3 heteroatoms. The topological polar surface area (TPSA) is 55.5 Å². The summed E-state index contributed by atoms with van der Waals surface area (Å²) < 4.78 is 5.88. The van der Waals surface area contributed by atoms with Crippen molar-refractivity contribution < 1.29 is 9.84 Å². The molecule has 3 N–H and O–H groups in total. The third kappa shape index (κ3) is 1.60. The fourth-order valence-corrected chi connectivity index (χ4v) is 2.31. The molecule has 0 fully saturated rings. The minimum Gasteiger partial charge on any atom is -0.486 e. The molecule has 1 aromatic rings. The van der Waals surface area contributed by atoms with Gasteiger partial charge in [0.05, 0.1) is 6.04 Å². The van der Waals surface area contributed by atoms with E-state index in [0.29, 0.717) is 0 Å². The van der Waals surface area contributed by atoms with E-state index >= 15 is 0 Å². The van der Waals surface area contributed by atoms with Crippen molar-refractivity contribution in [1.82, 2.24) is 0 Å². The Labute approximate surface area is 96.2 Å². The second kappa shape index (κ2) is 3.47. The maximum absolute atomic E-state index is 10.2. The Kier molecular flexibility index (Phi) is 2.48. The van der Waals surface area contributed by atoms with Crippen LogP contribution in [-0.2, 0) is 0 Å². The first kappa shape index (κ1) is 11.4. The van der Waals surface area contributed by atoms with Gasteiger partial charge in [0.25, 0.3) is 0 Å². The molecule has 0 saturated heterocycles. The summed E-state index contributed by atoms with van der Waals surface area (Å²) in [5.74, 6) is 0.761. The Balaban J connectivity index is 2.59. The highest BCUT2D eigenvalue weighted by Crippen LogP contribution is 2.40. The molecule has 0 bridgehead atoms. The summed E-state index contributed by atoms with van der Waals surface area (Å²) in [6.45, 7) is 7.80. The lowest BCUT2D eigenvalue weighted by molar-refractivity contribution is -0.0121. The summed E-state index contributed by atoms with van der Waals surface area (Å²) in [6, 6.07) is 3.59. The SMILES string of the molecule is Cc1cc(C)c2c(c1)OC(C)(C)C(N)C2O. The van der Waals surface area contributed by atoms with Gasteiger partial charge in [-0.1, -0.05) is 6.07 Å². The minimum atomic E-state index is -0.653. The lowest BCUT2D eigenvalue weighted by Crippen LogP contribution is -2.54. The first-order valence-electron chi connectivity index (χ1n) is 5.57. The van der Waals surface area contributed by atoms with Crippen molar-refractivity contribution in [2.24, 2.45) is 5.73 Å². The number of aliphatic hydroxyl groups excluding tert-OH is 1. The Morgan fingerprint density at radius 2 is 1.94 bits per heavy atom. The Morgan fingerprint density at radius 1 is 1.31 bits per heavy atom. The number of benzene rings is 1. The highest BCUT2D eigenvalue weighted by molar-refractivity contribution is 5.47. The molecule has 1 aliphatic heterocycles. The Morgan fingerprint density at radius 3 is 2.56 bits per heavy atom. The van der Waals surface area contributed by atoms with Crippen LogP contribution in [-0.4, -0.2) is 16.7 Å². The average molecular weight is 221 g/mol. The van der Waals surface area contributed by atoms with E-state index in [1.54, 1.807) is 0 Å². The summed E-state index contributed by atoms with van der Waals surface area (Å²) in [5.41, 5.74) is 8.47. The molecule has 2 rings (SSSR count). The minimum absolute atomic E-state index is 0.401. The zero-order valence-electron chi connectivity index (χ0n) is 10.2. The fourth-order valence-electron chi connectivity index (χ4n) is 2.31. The van der Waals surface area contributed by atoms with Gasteiger partial charge in [0.15, 0.2) is 0 Å². The van der Waals surface area contributed by atoms with Gasteiger partial charge in [0.1, 0.15) is 17.5 Å². The molecular formula is C13H19NO2. The normalized spacial score (nSPS) is 27.1. The molecule has 0 radical (unpaired) electrons. The first-order chi connectivity index (χ1) is 7.33. The summed E-state index contributed by atoms with van der Waals surface area (Å²) >= 11 is 0. The molecule has 0 aromatic heterocycles. The Bertz CT molecular complexity index is 426. The highest BCUT2D eigenvalue weighted by Gasteiger charge is 2.41. The van der Waals surface area contributed by atoms with Crippen LogP contribution in [0.2, 0.25) is 0 Å². The van der Waals surface area contributed by atoms with Crippen molar-refractivity contribution in [3.63, 3.8) is 0 Å². The molecule has 1 aliphatic rings. The zero-order valence-corrected chi connectivity index (χ0v) is 10.2. The summed E-state index contributed by atoms with van der Waals surface area (Å²) in [5, 5.41) is 10.2. The number of aryl methyl sites for hydroxylation is 2. The largest absolute Gasteiger partial charge is 0.486 e. The van der Waals surface area contributed by atoms with Crippen LogP contribution < -0.4 is 10.5 Å². The summed E-state index contributed by atoms with van der Waals surface area (Å²) in [4.78, 5) is 0. The zero-order chi connectivity index (χ0) is 12.1. The van der Waals surface area contributed by atoms with Crippen LogP contribution in [0.15, 0.2) is 12.1 Å². The van der Waals surface area contributed by atoms with E-state index in [4.69, 9.17) is 10.5 Å². The van der Waals surface area contributed by atoms with Crippen LogP contribution >= 0.6 is 0 Å². The van der Waals surface area contributed by atoms with E-state index < -0.39 is 17.7 Å².